The minimum absolute atomic E-state index is 0.0121. The number of hydrogen-bond acceptors (Lipinski definition) is 5. The van der Waals surface area contributed by atoms with Crippen LogP contribution in [0.2, 0.25) is 0 Å². The predicted octanol–water partition coefficient (Wildman–Crippen LogP) is 3.17. The zero-order valence-electron chi connectivity index (χ0n) is 16.9. The molecule has 1 amide bonds. The summed E-state index contributed by atoms with van der Waals surface area (Å²) in [7, 11) is 0. The van der Waals surface area contributed by atoms with Crippen molar-refractivity contribution >= 4 is 27.8 Å². The zero-order chi connectivity index (χ0) is 20.0. The van der Waals surface area contributed by atoms with Crippen molar-refractivity contribution < 1.29 is 13.6 Å². The molecule has 1 aliphatic heterocycles. The van der Waals surface area contributed by atoms with Crippen LogP contribution < -0.4 is 5.63 Å². The largest absolute Gasteiger partial charge is 0.461 e. The minimum atomic E-state index is -0.440. The number of hydrogen-bond donors (Lipinski definition) is 0. The Kier molecular flexibility index (Phi) is 4.75. The fourth-order valence-electron chi connectivity index (χ4n) is 4.01. The molecule has 0 atom stereocenters. The first-order valence-electron chi connectivity index (χ1n) is 9.85. The van der Waals surface area contributed by atoms with Gasteiger partial charge in [-0.2, -0.15) is 0 Å². The highest BCUT2D eigenvalue weighted by atomic mass is 16.4. The van der Waals surface area contributed by atoms with E-state index in [0.29, 0.717) is 29.8 Å². The van der Waals surface area contributed by atoms with Crippen LogP contribution in [0.4, 0.5) is 0 Å². The molecule has 6 heteroatoms. The molecule has 28 heavy (non-hydrogen) atoms. The van der Waals surface area contributed by atoms with Gasteiger partial charge in [0.1, 0.15) is 16.9 Å². The molecule has 0 N–H and O–H groups in total. The maximum atomic E-state index is 12.8. The first-order valence-corrected chi connectivity index (χ1v) is 9.85. The van der Waals surface area contributed by atoms with Crippen LogP contribution in [0.5, 0.6) is 0 Å². The lowest BCUT2D eigenvalue weighted by Gasteiger charge is -2.34. The lowest BCUT2D eigenvalue weighted by atomic mass is 10.0. The fraction of sp³-hybridized carbons (Fsp3) is 0.455. The summed E-state index contributed by atoms with van der Waals surface area (Å²) in [6.45, 7) is 12.1. The Morgan fingerprint density at radius 1 is 0.964 bits per heavy atom. The van der Waals surface area contributed by atoms with Gasteiger partial charge in [-0.25, -0.2) is 4.79 Å². The number of likely N-dealkylation sites (N-methyl/N-ethyl adjacent to an activating group) is 1. The SMILES string of the molecule is CCN1CCN(C(=O)Cc2c(C)c3cc4c(C)c(C)oc4cc3oc2=O)CC1. The van der Waals surface area contributed by atoms with Gasteiger partial charge in [0.2, 0.25) is 5.91 Å². The third-order valence-corrected chi connectivity index (χ3v) is 6.08. The van der Waals surface area contributed by atoms with Crippen molar-refractivity contribution in [1.29, 1.82) is 0 Å². The van der Waals surface area contributed by atoms with Crippen molar-refractivity contribution in [2.45, 2.75) is 34.1 Å². The van der Waals surface area contributed by atoms with Crippen LogP contribution >= 0.6 is 0 Å². The number of piperazine rings is 1. The second kappa shape index (κ2) is 7.09. The number of nitrogens with zero attached hydrogens (tertiary/aromatic N) is 2. The molecular weight excluding hydrogens is 356 g/mol. The lowest BCUT2D eigenvalue weighted by molar-refractivity contribution is -0.132. The average molecular weight is 382 g/mol. The van der Waals surface area contributed by atoms with Crippen molar-refractivity contribution in [2.75, 3.05) is 32.7 Å². The zero-order valence-corrected chi connectivity index (χ0v) is 16.9. The van der Waals surface area contributed by atoms with Crippen molar-refractivity contribution in [3.05, 3.63) is 45.0 Å². The molecule has 1 fully saturated rings. The van der Waals surface area contributed by atoms with E-state index < -0.39 is 5.63 Å². The van der Waals surface area contributed by atoms with Gasteiger partial charge in [-0.3, -0.25) is 4.79 Å². The predicted molar refractivity (Wildman–Crippen MR) is 109 cm³/mol. The third kappa shape index (κ3) is 3.11. The highest BCUT2D eigenvalue weighted by Gasteiger charge is 2.23. The molecule has 0 saturated carbocycles. The molecule has 148 valence electrons. The van der Waals surface area contributed by atoms with Gasteiger partial charge < -0.3 is 18.6 Å². The van der Waals surface area contributed by atoms with Crippen molar-refractivity contribution in [2.24, 2.45) is 0 Å². The Morgan fingerprint density at radius 2 is 1.61 bits per heavy atom. The van der Waals surface area contributed by atoms with Gasteiger partial charge in [0, 0.05) is 43.0 Å². The van der Waals surface area contributed by atoms with Crippen LogP contribution in [0.15, 0.2) is 25.8 Å². The van der Waals surface area contributed by atoms with Gasteiger partial charge in [-0.15, -0.1) is 0 Å². The molecule has 6 nitrogen and oxygen atoms in total. The Bertz CT molecular complexity index is 1120. The standard InChI is InChI=1S/C22H26N2O4/c1-5-23-6-8-24(9-7-23)21(25)11-18-14(3)17-10-16-13(2)15(4)27-19(16)12-20(17)28-22(18)26/h10,12H,5-9,11H2,1-4H3. The smallest absolute Gasteiger partial charge is 0.340 e. The van der Waals surface area contributed by atoms with Crippen molar-refractivity contribution in [3.63, 3.8) is 0 Å². The molecule has 0 spiro atoms. The number of rotatable bonds is 3. The first kappa shape index (κ1) is 18.7. The van der Waals surface area contributed by atoms with Gasteiger partial charge in [0.05, 0.1) is 12.0 Å². The van der Waals surface area contributed by atoms with E-state index >= 15 is 0 Å². The Labute approximate surface area is 163 Å². The van der Waals surface area contributed by atoms with Crippen molar-refractivity contribution in [3.8, 4) is 0 Å². The number of carbonyl (C=O) groups excluding carboxylic acids is 1. The van der Waals surface area contributed by atoms with Gasteiger partial charge in [0.25, 0.3) is 0 Å². The molecule has 0 aliphatic carbocycles. The Balaban J connectivity index is 1.69. The highest BCUT2D eigenvalue weighted by Crippen LogP contribution is 2.31. The number of amides is 1. The Hall–Kier alpha value is -2.60. The molecule has 1 aliphatic rings. The van der Waals surface area contributed by atoms with E-state index in [2.05, 4.69) is 11.8 Å². The summed E-state index contributed by atoms with van der Waals surface area (Å²) in [5.74, 6) is 0.842. The van der Waals surface area contributed by atoms with Crippen LogP contribution in [-0.4, -0.2) is 48.4 Å². The van der Waals surface area contributed by atoms with Gasteiger partial charge in [0.15, 0.2) is 0 Å². The molecule has 0 unspecified atom stereocenters. The number of fused-ring (bicyclic) bond motifs is 2. The summed E-state index contributed by atoms with van der Waals surface area (Å²) in [5, 5.41) is 1.87. The van der Waals surface area contributed by atoms with Gasteiger partial charge in [-0.1, -0.05) is 6.92 Å². The average Bonchev–Trinajstić information content (AvgIpc) is 2.97. The molecule has 3 aromatic rings. The van der Waals surface area contributed by atoms with E-state index in [1.807, 2.05) is 31.7 Å². The normalized spacial score (nSPS) is 15.6. The van der Waals surface area contributed by atoms with E-state index in [1.54, 1.807) is 6.07 Å². The van der Waals surface area contributed by atoms with E-state index in [4.69, 9.17) is 8.83 Å². The van der Waals surface area contributed by atoms with Gasteiger partial charge in [-0.05, 0) is 44.5 Å². The second-order valence-electron chi connectivity index (χ2n) is 7.61. The van der Waals surface area contributed by atoms with Crippen LogP contribution in [0, 0.1) is 20.8 Å². The molecule has 0 bridgehead atoms. The molecule has 2 aromatic heterocycles. The number of benzene rings is 1. The second-order valence-corrected chi connectivity index (χ2v) is 7.61. The molecule has 4 rings (SSSR count). The molecule has 0 radical (unpaired) electrons. The fourth-order valence-corrected chi connectivity index (χ4v) is 4.01. The van der Waals surface area contributed by atoms with Crippen molar-refractivity contribution in [1.82, 2.24) is 9.80 Å². The number of aryl methyl sites for hydroxylation is 3. The van der Waals surface area contributed by atoms with Gasteiger partial charge >= 0.3 is 5.63 Å². The summed E-state index contributed by atoms with van der Waals surface area (Å²) in [5.41, 5.74) is 3.11. The number of carbonyl (C=O) groups is 1. The monoisotopic (exact) mass is 382 g/mol. The maximum Gasteiger partial charge on any atom is 0.340 e. The van der Waals surface area contributed by atoms with E-state index in [1.165, 1.54) is 0 Å². The highest BCUT2D eigenvalue weighted by molar-refractivity contribution is 5.97. The van der Waals surface area contributed by atoms with Crippen LogP contribution in [0.25, 0.3) is 21.9 Å². The molecule has 1 aromatic carbocycles. The summed E-state index contributed by atoms with van der Waals surface area (Å²) in [6.07, 6.45) is 0.0810. The van der Waals surface area contributed by atoms with E-state index in [9.17, 15) is 9.59 Å². The summed E-state index contributed by atoms with van der Waals surface area (Å²) in [6, 6.07) is 3.78. The summed E-state index contributed by atoms with van der Waals surface area (Å²) >= 11 is 0. The Morgan fingerprint density at radius 3 is 2.29 bits per heavy atom. The first-order chi connectivity index (χ1) is 13.4. The molecular formula is C22H26N2O4. The van der Waals surface area contributed by atoms with E-state index in [0.717, 1.165) is 47.3 Å². The molecule has 1 saturated heterocycles. The third-order valence-electron chi connectivity index (χ3n) is 6.08. The minimum Gasteiger partial charge on any atom is -0.461 e. The summed E-state index contributed by atoms with van der Waals surface area (Å²) in [4.78, 5) is 29.6. The quantitative estimate of drug-likeness (QED) is 0.651. The van der Waals surface area contributed by atoms with Crippen LogP contribution in [0.1, 0.15) is 29.4 Å². The van der Waals surface area contributed by atoms with Crippen LogP contribution in [0.3, 0.4) is 0 Å². The summed E-state index contributed by atoms with van der Waals surface area (Å²) < 4.78 is 11.3. The topological polar surface area (TPSA) is 66.9 Å². The molecule has 3 heterocycles. The van der Waals surface area contributed by atoms with E-state index in [-0.39, 0.29) is 12.3 Å². The number of furan rings is 1. The lowest BCUT2D eigenvalue weighted by Crippen LogP contribution is -2.49. The maximum absolute atomic E-state index is 12.8. The van der Waals surface area contributed by atoms with Crippen LogP contribution in [-0.2, 0) is 11.2 Å².